The van der Waals surface area contributed by atoms with Crippen LogP contribution >= 0.6 is 0 Å². The lowest BCUT2D eigenvalue weighted by atomic mass is 9.97. The van der Waals surface area contributed by atoms with Gasteiger partial charge in [0.05, 0.1) is 16.7 Å². The summed E-state index contributed by atoms with van der Waals surface area (Å²) in [5.41, 5.74) is 9.24. The normalized spacial score (nSPS) is 11.8. The summed E-state index contributed by atoms with van der Waals surface area (Å²) in [6.07, 6.45) is 0. The van der Waals surface area contributed by atoms with Crippen LogP contribution in [0.5, 0.6) is 0 Å². The van der Waals surface area contributed by atoms with Gasteiger partial charge in [0.2, 0.25) is 0 Å². The molecule has 69 heavy (non-hydrogen) atoms. The van der Waals surface area contributed by atoms with E-state index in [1.54, 1.807) is 0 Å². The molecule has 0 aliphatic carbocycles. The zero-order valence-corrected chi connectivity index (χ0v) is 39.0. The Bertz CT molecular complexity index is 3890. The van der Waals surface area contributed by atoms with Crippen molar-refractivity contribution in [3.8, 4) is 16.8 Å². The molecule has 0 bridgehead atoms. The van der Waals surface area contributed by atoms with E-state index >= 15 is 0 Å². The molecule has 0 unspecified atom stereocenters. The van der Waals surface area contributed by atoms with Crippen LogP contribution in [-0.2, 0) is 0 Å². The molecule has 0 saturated heterocycles. The van der Waals surface area contributed by atoms with Crippen molar-refractivity contribution < 1.29 is 0 Å². The molecule has 0 atom stereocenters. The van der Waals surface area contributed by atoms with Crippen molar-refractivity contribution in [2.45, 2.75) is 0 Å². The highest BCUT2D eigenvalue weighted by molar-refractivity contribution is 7.20. The van der Waals surface area contributed by atoms with Crippen LogP contribution in [0.2, 0.25) is 0 Å². The molecular weight excluding hydrogens is 849 g/mol. The Balaban J connectivity index is 0.998. The molecule has 12 aromatic carbocycles. The van der Waals surface area contributed by atoms with Gasteiger partial charge in [-0.05, 0) is 119 Å². The summed E-state index contributed by atoms with van der Waals surface area (Å²) in [5.74, 6) is 0. The zero-order chi connectivity index (χ0) is 45.7. The molecule has 1 heterocycles. The number of aromatic nitrogens is 1. The van der Waals surface area contributed by atoms with E-state index in [0.717, 1.165) is 22.7 Å². The third-order valence-electron chi connectivity index (χ3n) is 14.3. The summed E-state index contributed by atoms with van der Waals surface area (Å²) in [6, 6.07) is 103. The van der Waals surface area contributed by atoms with Crippen molar-refractivity contribution in [3.63, 3.8) is 0 Å². The van der Waals surface area contributed by atoms with Gasteiger partial charge < -0.3 is 9.47 Å². The van der Waals surface area contributed by atoms with E-state index in [0.29, 0.717) is 0 Å². The van der Waals surface area contributed by atoms with Gasteiger partial charge in [0.25, 0.3) is 0 Å². The molecule has 2 nitrogen and oxygen atoms in total. The summed E-state index contributed by atoms with van der Waals surface area (Å²) >= 11 is 0. The average molecular weight is 895 g/mol. The van der Waals surface area contributed by atoms with Gasteiger partial charge in [0.15, 0.2) is 8.07 Å². The molecule has 0 N–H and O–H groups in total. The number of anilines is 3. The van der Waals surface area contributed by atoms with E-state index in [1.807, 2.05) is 0 Å². The van der Waals surface area contributed by atoms with Crippen LogP contribution in [0.15, 0.2) is 279 Å². The van der Waals surface area contributed by atoms with Gasteiger partial charge in [-0.15, -0.1) is 0 Å². The van der Waals surface area contributed by atoms with Crippen LogP contribution in [-0.4, -0.2) is 12.6 Å². The number of fused-ring (bicyclic) bond motifs is 7. The van der Waals surface area contributed by atoms with Crippen molar-refractivity contribution in [1.82, 2.24) is 4.57 Å². The molecule has 0 aliphatic heterocycles. The largest absolute Gasteiger partial charge is 0.310 e. The minimum Gasteiger partial charge on any atom is -0.310 e. The molecule has 0 radical (unpaired) electrons. The van der Waals surface area contributed by atoms with Gasteiger partial charge >= 0.3 is 0 Å². The van der Waals surface area contributed by atoms with Crippen molar-refractivity contribution in [1.29, 1.82) is 0 Å². The third-order valence-corrected chi connectivity index (χ3v) is 19.1. The molecule has 13 rings (SSSR count). The Labute approximate surface area is 403 Å². The van der Waals surface area contributed by atoms with Crippen LogP contribution in [0, 0.1) is 0 Å². The lowest BCUT2D eigenvalue weighted by Gasteiger charge is -2.34. The molecule has 0 amide bonds. The summed E-state index contributed by atoms with van der Waals surface area (Å²) in [7, 11) is -2.69. The SMILES string of the molecule is c1ccc(-n2c3ccccc3c3c(N(c4ccc(-c5cccc6ccccc56)cc4)c4ccc5c(ccc6cc([Si](c7ccccc7)(c7ccccc7)c7ccccc7)ccc65)c4)cccc32)cc1. The molecular formula is C66H46N2Si. The second-order valence-electron chi connectivity index (χ2n) is 18.0. The standard InChI is InChI=1S/C66H46N2Si/c1-5-21-51(22-6-1)68-63-32-16-15-30-62(63)66-64(33-18-34-65(66)68)67(52-39-37-48(38-40-52)59-31-17-20-47-19-13-14-29-58(47)59)53-41-43-60-49(45-53)35-36-50-46-57(42-44-61(50)60)69(54-23-7-2-8-24-54,55-25-9-3-10-26-55)56-27-11-4-12-28-56/h1-46H. The Morgan fingerprint density at radius 2 is 0.826 bits per heavy atom. The Morgan fingerprint density at radius 1 is 0.304 bits per heavy atom. The first-order valence-electron chi connectivity index (χ1n) is 23.8. The molecule has 0 spiro atoms. The summed E-state index contributed by atoms with van der Waals surface area (Å²) < 4.78 is 2.40. The van der Waals surface area contributed by atoms with Gasteiger partial charge in [-0.3, -0.25) is 0 Å². The molecule has 0 fully saturated rings. The van der Waals surface area contributed by atoms with Gasteiger partial charge in [0, 0.05) is 27.8 Å². The predicted octanol–water partition coefficient (Wildman–Crippen LogP) is 14.8. The minimum atomic E-state index is -2.69. The number of benzene rings is 12. The summed E-state index contributed by atoms with van der Waals surface area (Å²) in [5, 5.41) is 15.3. The third kappa shape index (κ3) is 6.70. The summed E-state index contributed by atoms with van der Waals surface area (Å²) in [4.78, 5) is 2.46. The Kier molecular flexibility index (Phi) is 9.88. The molecule has 0 aliphatic rings. The van der Waals surface area contributed by atoms with Crippen molar-refractivity contribution in [3.05, 3.63) is 279 Å². The maximum Gasteiger partial charge on any atom is 0.179 e. The highest BCUT2D eigenvalue weighted by Crippen LogP contribution is 2.45. The van der Waals surface area contributed by atoms with Crippen molar-refractivity contribution in [2.24, 2.45) is 0 Å². The predicted molar refractivity (Wildman–Crippen MR) is 297 cm³/mol. The first-order chi connectivity index (χ1) is 34.2. The fourth-order valence-corrected chi connectivity index (χ4v) is 16.0. The summed E-state index contributed by atoms with van der Waals surface area (Å²) in [6.45, 7) is 0. The highest BCUT2D eigenvalue weighted by Gasteiger charge is 2.41. The van der Waals surface area contributed by atoms with Gasteiger partial charge in [-0.2, -0.15) is 0 Å². The Hall–Kier alpha value is -8.76. The maximum absolute atomic E-state index is 2.69. The van der Waals surface area contributed by atoms with Crippen LogP contribution in [0.3, 0.4) is 0 Å². The molecule has 13 aromatic rings. The fraction of sp³-hybridized carbons (Fsp3) is 0. The topological polar surface area (TPSA) is 8.17 Å². The van der Waals surface area contributed by atoms with Crippen molar-refractivity contribution >= 4 is 100 Å². The molecule has 3 heteroatoms. The van der Waals surface area contributed by atoms with Crippen molar-refractivity contribution in [2.75, 3.05) is 4.90 Å². The monoisotopic (exact) mass is 894 g/mol. The second kappa shape index (κ2) is 16.8. The van der Waals surface area contributed by atoms with E-state index in [4.69, 9.17) is 0 Å². The number of hydrogen-bond acceptors (Lipinski definition) is 1. The van der Waals surface area contributed by atoms with E-state index in [2.05, 4.69) is 289 Å². The van der Waals surface area contributed by atoms with Crippen LogP contribution in [0.1, 0.15) is 0 Å². The number of rotatable bonds is 9. The van der Waals surface area contributed by atoms with Gasteiger partial charge in [0.1, 0.15) is 0 Å². The van der Waals surface area contributed by atoms with E-state index < -0.39 is 8.07 Å². The molecule has 0 saturated carbocycles. The van der Waals surface area contributed by atoms with Gasteiger partial charge in [-0.25, -0.2) is 0 Å². The van der Waals surface area contributed by atoms with Gasteiger partial charge in [-0.1, -0.05) is 224 Å². The first-order valence-corrected chi connectivity index (χ1v) is 25.8. The van der Waals surface area contributed by atoms with Crippen LogP contribution < -0.4 is 25.6 Å². The van der Waals surface area contributed by atoms with E-state index in [-0.39, 0.29) is 0 Å². The quantitative estimate of drug-likeness (QED) is 0.0796. The number of hydrogen-bond donors (Lipinski definition) is 0. The van der Waals surface area contributed by atoms with E-state index in [1.165, 1.54) is 86.0 Å². The molecule has 1 aromatic heterocycles. The second-order valence-corrected chi connectivity index (χ2v) is 21.8. The first kappa shape index (κ1) is 40.5. The zero-order valence-electron chi connectivity index (χ0n) is 38.0. The van der Waals surface area contributed by atoms with E-state index in [9.17, 15) is 0 Å². The highest BCUT2D eigenvalue weighted by atomic mass is 28.3. The minimum absolute atomic E-state index is 1.09. The molecule has 324 valence electrons. The Morgan fingerprint density at radius 3 is 1.51 bits per heavy atom. The smallest absolute Gasteiger partial charge is 0.179 e. The number of nitrogens with zero attached hydrogens (tertiary/aromatic N) is 2. The maximum atomic E-state index is 2.48. The average Bonchev–Trinajstić information content (AvgIpc) is 3.77. The van der Waals surface area contributed by atoms with Crippen LogP contribution in [0.4, 0.5) is 17.1 Å². The lowest BCUT2D eigenvalue weighted by Crippen LogP contribution is -2.74. The fourth-order valence-electron chi connectivity index (χ4n) is 11.2. The number of para-hydroxylation sites is 2. The van der Waals surface area contributed by atoms with Crippen LogP contribution in [0.25, 0.3) is 70.9 Å². The lowest BCUT2D eigenvalue weighted by molar-refractivity contribution is 1.18.